The topological polar surface area (TPSA) is 106 Å². The van der Waals surface area contributed by atoms with Crippen LogP contribution in [0.1, 0.15) is 5.56 Å². The Morgan fingerprint density at radius 2 is 1.48 bits per heavy atom. The lowest BCUT2D eigenvalue weighted by Gasteiger charge is -2.15. The SMILES string of the molecule is Nc1cc(C(F)(F)F)c(S(=O)(=O)NS(=O)(=O)c2ccc3ccccc3c2)cc1Cl. The number of benzene rings is 3. The molecule has 3 aromatic carbocycles. The highest BCUT2D eigenvalue weighted by atomic mass is 35.5. The van der Waals surface area contributed by atoms with E-state index >= 15 is 0 Å². The largest absolute Gasteiger partial charge is 0.417 e. The molecular weight excluding hydrogens is 453 g/mol. The summed E-state index contributed by atoms with van der Waals surface area (Å²) in [5, 5.41) is 0.722. The molecule has 0 heterocycles. The van der Waals surface area contributed by atoms with Crippen LogP contribution in [0.25, 0.3) is 10.8 Å². The van der Waals surface area contributed by atoms with E-state index in [-0.39, 0.29) is 0 Å². The zero-order valence-corrected chi connectivity index (χ0v) is 16.6. The molecule has 0 unspecified atom stereocenters. The average Bonchev–Trinajstić information content (AvgIpc) is 2.61. The van der Waals surface area contributed by atoms with Gasteiger partial charge in [-0.05, 0) is 35.0 Å². The molecule has 0 aliphatic rings. The molecule has 0 saturated heterocycles. The van der Waals surface area contributed by atoms with E-state index < -0.39 is 52.3 Å². The predicted octanol–water partition coefficient (Wildman–Crippen LogP) is 3.76. The lowest BCUT2D eigenvalue weighted by Crippen LogP contribution is -2.32. The third-order valence-corrected chi connectivity index (χ3v) is 7.82. The van der Waals surface area contributed by atoms with E-state index in [1.54, 1.807) is 24.3 Å². The van der Waals surface area contributed by atoms with E-state index in [0.29, 0.717) is 22.9 Å². The van der Waals surface area contributed by atoms with Crippen molar-refractivity contribution in [2.75, 3.05) is 5.73 Å². The Bertz CT molecular complexity index is 1320. The summed E-state index contributed by atoms with van der Waals surface area (Å²) in [5.41, 5.74) is 3.19. The number of rotatable bonds is 4. The zero-order chi connectivity index (χ0) is 21.6. The van der Waals surface area contributed by atoms with Crippen molar-refractivity contribution in [3.05, 3.63) is 65.2 Å². The summed E-state index contributed by atoms with van der Waals surface area (Å²) in [6.45, 7) is 0. The van der Waals surface area contributed by atoms with Gasteiger partial charge in [0.2, 0.25) is 0 Å². The number of fused-ring (bicyclic) bond motifs is 1. The maximum absolute atomic E-state index is 13.3. The summed E-state index contributed by atoms with van der Waals surface area (Å²) in [5.74, 6) is 0. The molecule has 29 heavy (non-hydrogen) atoms. The zero-order valence-electron chi connectivity index (χ0n) is 14.2. The second kappa shape index (κ2) is 7.17. The molecule has 0 atom stereocenters. The summed E-state index contributed by atoms with van der Waals surface area (Å²) in [7, 11) is -9.89. The molecule has 3 N–H and O–H groups in total. The van der Waals surface area contributed by atoms with Crippen molar-refractivity contribution >= 4 is 48.1 Å². The Kier molecular flexibility index (Phi) is 5.28. The first-order valence-corrected chi connectivity index (χ1v) is 11.1. The summed E-state index contributed by atoms with van der Waals surface area (Å²) in [4.78, 5) is -1.79. The van der Waals surface area contributed by atoms with Crippen LogP contribution in [0.5, 0.6) is 0 Å². The minimum absolute atomic E-state index is 0.333. The van der Waals surface area contributed by atoms with Crippen LogP contribution >= 0.6 is 11.6 Å². The first-order valence-electron chi connectivity index (χ1n) is 7.75. The molecule has 154 valence electrons. The fourth-order valence-electron chi connectivity index (χ4n) is 2.59. The maximum atomic E-state index is 13.3. The number of hydrogen-bond acceptors (Lipinski definition) is 5. The van der Waals surface area contributed by atoms with Gasteiger partial charge >= 0.3 is 6.18 Å². The van der Waals surface area contributed by atoms with Gasteiger partial charge in [0.15, 0.2) is 0 Å². The van der Waals surface area contributed by atoms with Gasteiger partial charge in [-0.2, -0.15) is 13.2 Å². The number of nitrogen functional groups attached to an aromatic ring is 1. The summed E-state index contributed by atoms with van der Waals surface area (Å²) >= 11 is 5.66. The van der Waals surface area contributed by atoms with Gasteiger partial charge in [0.05, 0.1) is 26.1 Å². The Morgan fingerprint density at radius 1 is 0.862 bits per heavy atom. The minimum atomic E-state index is -5.17. The minimum Gasteiger partial charge on any atom is -0.398 e. The molecule has 0 aliphatic carbocycles. The number of alkyl halides is 3. The Balaban J connectivity index is 2.10. The van der Waals surface area contributed by atoms with Crippen molar-refractivity contribution < 1.29 is 30.0 Å². The summed E-state index contributed by atoms with van der Waals surface area (Å²) in [6.07, 6.45) is -5.12. The van der Waals surface area contributed by atoms with Crippen LogP contribution in [0, 0.1) is 0 Å². The van der Waals surface area contributed by atoms with Crippen molar-refractivity contribution in [1.82, 2.24) is 4.13 Å². The fraction of sp³-hybridized carbons (Fsp3) is 0.0588. The van der Waals surface area contributed by atoms with Gasteiger partial charge < -0.3 is 5.73 Å². The molecule has 0 aromatic heterocycles. The highest BCUT2D eigenvalue weighted by Gasteiger charge is 2.39. The standard InChI is InChI=1S/C17H12ClF3N2O4S2/c18-14-9-16(13(8-15(14)22)17(19,20)21)29(26,27)23-28(24,25)12-6-5-10-3-1-2-4-11(10)7-12/h1-9,23H,22H2. The monoisotopic (exact) mass is 464 g/mol. The number of anilines is 1. The van der Waals surface area contributed by atoms with Crippen molar-refractivity contribution in [3.8, 4) is 0 Å². The van der Waals surface area contributed by atoms with Crippen LogP contribution in [0.3, 0.4) is 0 Å². The third-order valence-electron chi connectivity index (χ3n) is 3.94. The van der Waals surface area contributed by atoms with Crippen LogP contribution in [0.4, 0.5) is 18.9 Å². The second-order valence-electron chi connectivity index (χ2n) is 5.97. The molecule has 3 rings (SSSR count). The lowest BCUT2D eigenvalue weighted by molar-refractivity contribution is -0.139. The van der Waals surface area contributed by atoms with Gasteiger partial charge in [-0.25, -0.2) is 16.8 Å². The van der Waals surface area contributed by atoms with Gasteiger partial charge in [-0.3, -0.25) is 0 Å². The van der Waals surface area contributed by atoms with Gasteiger partial charge in [-0.1, -0.05) is 41.9 Å². The van der Waals surface area contributed by atoms with E-state index in [1.807, 2.05) is 0 Å². The number of halogens is 4. The highest BCUT2D eigenvalue weighted by molar-refractivity contribution is 8.04. The summed E-state index contributed by atoms with van der Waals surface area (Å²) in [6, 6.07) is 11.3. The Hall–Kier alpha value is -2.34. The molecule has 0 fully saturated rings. The number of sulfonamides is 2. The van der Waals surface area contributed by atoms with E-state index in [2.05, 4.69) is 0 Å². The fourth-order valence-corrected chi connectivity index (χ4v) is 5.98. The molecule has 12 heteroatoms. The van der Waals surface area contributed by atoms with E-state index in [4.69, 9.17) is 17.3 Å². The molecule has 3 aromatic rings. The molecular formula is C17H12ClF3N2O4S2. The molecule has 0 saturated carbocycles. The van der Waals surface area contributed by atoms with Crippen molar-refractivity contribution in [3.63, 3.8) is 0 Å². The van der Waals surface area contributed by atoms with Crippen molar-refractivity contribution in [2.45, 2.75) is 16.0 Å². The van der Waals surface area contributed by atoms with Crippen molar-refractivity contribution in [2.24, 2.45) is 0 Å². The quantitative estimate of drug-likeness (QED) is 0.572. The number of nitrogens with two attached hydrogens (primary N) is 1. The van der Waals surface area contributed by atoms with Crippen LogP contribution in [-0.2, 0) is 26.2 Å². The normalized spacial score (nSPS) is 13.0. The molecule has 0 spiro atoms. The van der Waals surface area contributed by atoms with Gasteiger partial charge in [0.25, 0.3) is 20.0 Å². The first-order chi connectivity index (χ1) is 13.3. The van der Waals surface area contributed by atoms with Crippen molar-refractivity contribution in [1.29, 1.82) is 0 Å². The molecule has 0 amide bonds. The first kappa shape index (κ1) is 21.4. The van der Waals surface area contributed by atoms with E-state index in [1.165, 1.54) is 16.3 Å². The molecule has 0 aliphatic heterocycles. The summed E-state index contributed by atoms with van der Waals surface area (Å²) < 4.78 is 91.3. The van der Waals surface area contributed by atoms with E-state index in [0.717, 1.165) is 6.07 Å². The van der Waals surface area contributed by atoms with Crippen LogP contribution in [0.15, 0.2) is 64.4 Å². The second-order valence-corrected chi connectivity index (χ2v) is 9.97. The number of hydrogen-bond donors (Lipinski definition) is 2. The Labute approximate surface area is 169 Å². The van der Waals surface area contributed by atoms with Crippen LogP contribution in [-0.4, -0.2) is 16.8 Å². The predicted molar refractivity (Wildman–Crippen MR) is 102 cm³/mol. The average molecular weight is 465 g/mol. The van der Waals surface area contributed by atoms with Crippen LogP contribution < -0.4 is 9.86 Å². The third kappa shape index (κ3) is 4.32. The molecule has 0 radical (unpaired) electrons. The van der Waals surface area contributed by atoms with Crippen LogP contribution in [0.2, 0.25) is 5.02 Å². The molecule has 0 bridgehead atoms. The smallest absolute Gasteiger partial charge is 0.398 e. The lowest BCUT2D eigenvalue weighted by atomic mass is 10.1. The number of nitrogens with one attached hydrogen (secondary N) is 1. The maximum Gasteiger partial charge on any atom is 0.417 e. The highest BCUT2D eigenvalue weighted by Crippen LogP contribution is 2.38. The Morgan fingerprint density at radius 3 is 2.10 bits per heavy atom. The molecule has 6 nitrogen and oxygen atoms in total. The van der Waals surface area contributed by atoms with Gasteiger partial charge in [0, 0.05) is 0 Å². The van der Waals surface area contributed by atoms with Gasteiger partial charge in [0.1, 0.15) is 0 Å². The van der Waals surface area contributed by atoms with E-state index in [9.17, 15) is 30.0 Å². The van der Waals surface area contributed by atoms with Gasteiger partial charge in [-0.15, -0.1) is 4.13 Å².